The minimum atomic E-state index is 0.241. The van der Waals surface area contributed by atoms with Crippen molar-refractivity contribution in [3.05, 3.63) is 23.0 Å². The number of nitrogens with zero attached hydrogens (tertiary/aromatic N) is 2. The Balaban J connectivity index is 2.26. The highest BCUT2D eigenvalue weighted by atomic mass is 16.5. The molecular formula is C14H19N3O. The largest absolute Gasteiger partial charge is 0.379 e. The number of hydrogen-bond donors (Lipinski definition) is 1. The highest BCUT2D eigenvalue weighted by molar-refractivity contribution is 5.60. The molecule has 0 amide bonds. The zero-order valence-electron chi connectivity index (χ0n) is 11.2. The van der Waals surface area contributed by atoms with Crippen molar-refractivity contribution in [3.8, 4) is 6.07 Å². The molecule has 0 aliphatic heterocycles. The van der Waals surface area contributed by atoms with Crippen LogP contribution in [0.2, 0.25) is 0 Å². The minimum Gasteiger partial charge on any atom is -0.379 e. The summed E-state index contributed by atoms with van der Waals surface area (Å²) in [7, 11) is 1.75. The smallest absolute Gasteiger partial charge is 0.103 e. The average Bonchev–Trinajstić information content (AvgIpc) is 2.76. The summed E-state index contributed by atoms with van der Waals surface area (Å²) >= 11 is 0. The Labute approximate surface area is 108 Å². The summed E-state index contributed by atoms with van der Waals surface area (Å²) < 4.78 is 5.47. The highest BCUT2D eigenvalue weighted by Gasteiger charge is 2.27. The van der Waals surface area contributed by atoms with Gasteiger partial charge in [0.2, 0.25) is 0 Å². The molecule has 1 aromatic heterocycles. The van der Waals surface area contributed by atoms with Crippen LogP contribution in [0.1, 0.15) is 36.2 Å². The zero-order valence-corrected chi connectivity index (χ0v) is 11.2. The number of ether oxygens (including phenoxy) is 1. The number of rotatable bonds is 3. The van der Waals surface area contributed by atoms with Crippen molar-refractivity contribution < 1.29 is 4.74 Å². The van der Waals surface area contributed by atoms with Gasteiger partial charge in [-0.3, -0.25) is 4.98 Å². The summed E-state index contributed by atoms with van der Waals surface area (Å²) in [5, 5.41) is 12.7. The molecule has 1 N–H and O–H groups in total. The Bertz CT molecular complexity index is 479. The molecule has 4 nitrogen and oxygen atoms in total. The lowest BCUT2D eigenvalue weighted by Crippen LogP contribution is -2.30. The summed E-state index contributed by atoms with van der Waals surface area (Å²) in [6.45, 7) is 3.82. The van der Waals surface area contributed by atoms with Gasteiger partial charge in [0.25, 0.3) is 0 Å². The second-order valence-corrected chi connectivity index (χ2v) is 4.84. The third-order valence-corrected chi connectivity index (χ3v) is 3.54. The van der Waals surface area contributed by atoms with E-state index in [9.17, 15) is 5.26 Å². The van der Waals surface area contributed by atoms with E-state index in [0.717, 1.165) is 29.9 Å². The summed E-state index contributed by atoms with van der Waals surface area (Å²) in [4.78, 5) is 4.33. The van der Waals surface area contributed by atoms with E-state index in [0.29, 0.717) is 11.6 Å². The third-order valence-electron chi connectivity index (χ3n) is 3.54. The molecule has 0 radical (unpaired) electrons. The lowest BCUT2D eigenvalue weighted by atomic mass is 10.1. The molecule has 18 heavy (non-hydrogen) atoms. The number of methoxy groups -OCH3 is 1. The van der Waals surface area contributed by atoms with Crippen LogP contribution in [0.3, 0.4) is 0 Å². The lowest BCUT2D eigenvalue weighted by molar-refractivity contribution is 0.101. The van der Waals surface area contributed by atoms with E-state index in [2.05, 4.69) is 16.4 Å². The molecule has 0 bridgehead atoms. The van der Waals surface area contributed by atoms with Gasteiger partial charge in [-0.1, -0.05) is 0 Å². The molecule has 0 saturated heterocycles. The Hall–Kier alpha value is -1.60. The van der Waals surface area contributed by atoms with Crippen molar-refractivity contribution in [1.29, 1.82) is 5.26 Å². The maximum absolute atomic E-state index is 9.23. The van der Waals surface area contributed by atoms with Gasteiger partial charge in [-0.25, -0.2) is 0 Å². The Morgan fingerprint density at radius 1 is 1.44 bits per heavy atom. The quantitative estimate of drug-likeness (QED) is 0.889. The Kier molecular flexibility index (Phi) is 3.83. The van der Waals surface area contributed by atoms with Crippen molar-refractivity contribution in [3.63, 3.8) is 0 Å². The fraction of sp³-hybridized carbons (Fsp3) is 0.571. The second-order valence-electron chi connectivity index (χ2n) is 4.84. The minimum absolute atomic E-state index is 0.241. The first-order chi connectivity index (χ1) is 8.65. The number of aromatic nitrogens is 1. The van der Waals surface area contributed by atoms with Gasteiger partial charge in [-0.05, 0) is 39.2 Å². The molecular weight excluding hydrogens is 226 g/mol. The van der Waals surface area contributed by atoms with Crippen LogP contribution >= 0.6 is 0 Å². The number of nitriles is 1. The van der Waals surface area contributed by atoms with E-state index < -0.39 is 0 Å². The molecule has 2 atom stereocenters. The summed E-state index contributed by atoms with van der Waals surface area (Å²) in [5.74, 6) is 0. The third kappa shape index (κ3) is 2.46. The molecule has 1 aliphatic carbocycles. The van der Waals surface area contributed by atoms with Crippen molar-refractivity contribution in [2.75, 3.05) is 12.4 Å². The average molecular weight is 245 g/mol. The maximum atomic E-state index is 9.23. The number of pyridine rings is 1. The predicted octanol–water partition coefficient (Wildman–Crippen LogP) is 2.55. The van der Waals surface area contributed by atoms with Crippen molar-refractivity contribution >= 4 is 5.69 Å². The van der Waals surface area contributed by atoms with Crippen LogP contribution in [-0.2, 0) is 4.74 Å². The molecule has 0 spiro atoms. The molecule has 1 fully saturated rings. The SMILES string of the molecule is COC1CCCC1Nc1cc(C)nc(C)c1C#N. The van der Waals surface area contributed by atoms with E-state index in [1.54, 1.807) is 7.11 Å². The van der Waals surface area contributed by atoms with Crippen LogP contribution in [0, 0.1) is 25.2 Å². The highest BCUT2D eigenvalue weighted by Crippen LogP contribution is 2.27. The van der Waals surface area contributed by atoms with E-state index in [-0.39, 0.29) is 6.10 Å². The summed E-state index contributed by atoms with van der Waals surface area (Å²) in [6, 6.07) is 4.47. The van der Waals surface area contributed by atoms with E-state index in [4.69, 9.17) is 4.74 Å². The molecule has 1 saturated carbocycles. The Morgan fingerprint density at radius 3 is 2.89 bits per heavy atom. The predicted molar refractivity (Wildman–Crippen MR) is 70.5 cm³/mol. The van der Waals surface area contributed by atoms with Gasteiger partial charge in [0.1, 0.15) is 6.07 Å². The van der Waals surface area contributed by atoms with Crippen molar-refractivity contribution in [2.45, 2.75) is 45.3 Å². The van der Waals surface area contributed by atoms with E-state index in [1.165, 1.54) is 6.42 Å². The molecule has 96 valence electrons. The van der Waals surface area contributed by atoms with Gasteiger partial charge in [-0.2, -0.15) is 5.26 Å². The molecule has 1 aromatic rings. The summed E-state index contributed by atoms with van der Waals surface area (Å²) in [6.07, 6.45) is 3.58. The fourth-order valence-electron chi connectivity index (χ4n) is 2.66. The number of nitrogens with one attached hydrogen (secondary N) is 1. The monoisotopic (exact) mass is 245 g/mol. The van der Waals surface area contributed by atoms with Crippen LogP contribution in [0.15, 0.2) is 6.07 Å². The van der Waals surface area contributed by atoms with Gasteiger partial charge < -0.3 is 10.1 Å². The van der Waals surface area contributed by atoms with Crippen LogP contribution in [0.25, 0.3) is 0 Å². The van der Waals surface area contributed by atoms with Gasteiger partial charge >= 0.3 is 0 Å². The van der Waals surface area contributed by atoms with Crippen molar-refractivity contribution in [2.24, 2.45) is 0 Å². The molecule has 2 unspecified atom stereocenters. The maximum Gasteiger partial charge on any atom is 0.103 e. The van der Waals surface area contributed by atoms with Crippen LogP contribution in [0.5, 0.6) is 0 Å². The fourth-order valence-corrected chi connectivity index (χ4v) is 2.66. The van der Waals surface area contributed by atoms with Crippen LogP contribution in [0.4, 0.5) is 5.69 Å². The number of hydrogen-bond acceptors (Lipinski definition) is 4. The molecule has 1 heterocycles. The first kappa shape index (κ1) is 12.8. The first-order valence-electron chi connectivity index (χ1n) is 6.33. The van der Waals surface area contributed by atoms with E-state index in [1.807, 2.05) is 19.9 Å². The normalized spacial score (nSPS) is 22.8. The first-order valence-corrected chi connectivity index (χ1v) is 6.33. The number of aryl methyl sites for hydroxylation is 2. The van der Waals surface area contributed by atoms with Gasteiger partial charge in [0.15, 0.2) is 0 Å². The topological polar surface area (TPSA) is 57.9 Å². The molecule has 4 heteroatoms. The number of anilines is 1. The standard InChI is InChI=1S/C14H19N3O/c1-9-7-13(11(8-15)10(2)16-9)17-12-5-4-6-14(12)18-3/h7,12,14H,4-6H2,1-3H3,(H,16,17). The van der Waals surface area contributed by atoms with Gasteiger partial charge in [0.05, 0.1) is 29.1 Å². The Morgan fingerprint density at radius 2 is 2.22 bits per heavy atom. The van der Waals surface area contributed by atoms with Gasteiger partial charge in [0, 0.05) is 12.8 Å². The van der Waals surface area contributed by atoms with Gasteiger partial charge in [-0.15, -0.1) is 0 Å². The van der Waals surface area contributed by atoms with Crippen molar-refractivity contribution in [1.82, 2.24) is 4.98 Å². The zero-order chi connectivity index (χ0) is 13.1. The van der Waals surface area contributed by atoms with Crippen LogP contribution < -0.4 is 5.32 Å². The second kappa shape index (κ2) is 5.36. The molecule has 0 aromatic carbocycles. The summed E-state index contributed by atoms with van der Waals surface area (Å²) in [5.41, 5.74) is 3.24. The lowest BCUT2D eigenvalue weighted by Gasteiger charge is -2.22. The van der Waals surface area contributed by atoms with E-state index >= 15 is 0 Å². The molecule has 1 aliphatic rings. The van der Waals surface area contributed by atoms with Crippen LogP contribution in [-0.4, -0.2) is 24.2 Å². The molecule has 2 rings (SSSR count).